The number of benzene rings is 2. The number of hydrogen-bond donors (Lipinski definition) is 0. The first-order valence-electron chi connectivity index (χ1n) is 13.1. The molecule has 0 fully saturated rings. The molecule has 182 valence electrons. The molecule has 2 aromatic carbocycles. The Morgan fingerprint density at radius 1 is 0.727 bits per heavy atom. The highest BCUT2D eigenvalue weighted by Crippen LogP contribution is 2.22. The van der Waals surface area contributed by atoms with E-state index in [-0.39, 0.29) is 12.1 Å². The molecule has 0 radical (unpaired) electrons. The molecule has 1 unspecified atom stereocenters. The van der Waals surface area contributed by atoms with Crippen molar-refractivity contribution in [3.63, 3.8) is 0 Å². The van der Waals surface area contributed by atoms with E-state index in [1.165, 1.54) is 68.9 Å². The van der Waals surface area contributed by atoms with Crippen molar-refractivity contribution in [2.24, 2.45) is 0 Å². The average Bonchev–Trinajstić information content (AvgIpc) is 2.84. The summed E-state index contributed by atoms with van der Waals surface area (Å²) < 4.78 is 11.2. The van der Waals surface area contributed by atoms with Crippen molar-refractivity contribution in [3.05, 3.63) is 59.7 Å². The van der Waals surface area contributed by atoms with Gasteiger partial charge in [-0.2, -0.15) is 0 Å². The highest BCUT2D eigenvalue weighted by molar-refractivity contribution is 5.90. The van der Waals surface area contributed by atoms with Gasteiger partial charge < -0.3 is 9.47 Å². The molecule has 0 amide bonds. The Balaban J connectivity index is 1.73. The fourth-order valence-corrected chi connectivity index (χ4v) is 3.94. The number of hydrogen-bond acceptors (Lipinski definition) is 3. The van der Waals surface area contributed by atoms with E-state index < -0.39 is 0 Å². The highest BCUT2D eigenvalue weighted by atomic mass is 16.6. The van der Waals surface area contributed by atoms with Crippen LogP contribution >= 0.6 is 0 Å². The zero-order valence-electron chi connectivity index (χ0n) is 21.1. The van der Waals surface area contributed by atoms with Crippen LogP contribution < -0.4 is 0 Å². The molecule has 0 heterocycles. The second-order valence-electron chi connectivity index (χ2n) is 9.14. The van der Waals surface area contributed by atoms with Crippen LogP contribution in [0.1, 0.15) is 101 Å². The molecule has 0 saturated heterocycles. The number of carbonyl (C=O) groups is 1. The van der Waals surface area contributed by atoms with Crippen molar-refractivity contribution in [2.75, 3.05) is 13.2 Å². The predicted molar refractivity (Wildman–Crippen MR) is 139 cm³/mol. The van der Waals surface area contributed by atoms with E-state index >= 15 is 0 Å². The van der Waals surface area contributed by atoms with Gasteiger partial charge in [0.15, 0.2) is 0 Å². The molecular weight excluding hydrogens is 408 g/mol. The van der Waals surface area contributed by atoms with Crippen molar-refractivity contribution in [3.8, 4) is 11.1 Å². The SMILES string of the molecule is CCCCCCCOCC(C)OC(=O)c1ccc(-c2ccc(CCCCCCC)cc2)cc1. The van der Waals surface area contributed by atoms with Crippen molar-refractivity contribution in [2.45, 2.75) is 97.5 Å². The summed E-state index contributed by atoms with van der Waals surface area (Å²) in [5, 5.41) is 0. The maximum absolute atomic E-state index is 12.4. The lowest BCUT2D eigenvalue weighted by Gasteiger charge is -2.14. The summed E-state index contributed by atoms with van der Waals surface area (Å²) in [6, 6.07) is 16.5. The first kappa shape index (κ1) is 27.1. The largest absolute Gasteiger partial charge is 0.457 e. The molecule has 0 aliphatic rings. The van der Waals surface area contributed by atoms with Gasteiger partial charge >= 0.3 is 5.97 Å². The van der Waals surface area contributed by atoms with Crippen LogP contribution in [-0.4, -0.2) is 25.3 Å². The van der Waals surface area contributed by atoms with Crippen molar-refractivity contribution in [1.29, 1.82) is 0 Å². The summed E-state index contributed by atoms with van der Waals surface area (Å²) in [4.78, 5) is 12.4. The average molecular weight is 453 g/mol. The number of carbonyl (C=O) groups excluding carboxylic acids is 1. The third-order valence-electron chi connectivity index (χ3n) is 6.03. The van der Waals surface area contributed by atoms with E-state index in [4.69, 9.17) is 9.47 Å². The molecule has 0 aliphatic carbocycles. The molecule has 2 aromatic rings. The second kappa shape index (κ2) is 16.5. The van der Waals surface area contributed by atoms with E-state index in [0.29, 0.717) is 12.2 Å². The Labute approximate surface area is 201 Å². The molecular formula is C30H44O3. The smallest absolute Gasteiger partial charge is 0.338 e. The topological polar surface area (TPSA) is 35.5 Å². The minimum absolute atomic E-state index is 0.248. The van der Waals surface area contributed by atoms with Gasteiger partial charge in [0.05, 0.1) is 12.2 Å². The maximum atomic E-state index is 12.4. The van der Waals surface area contributed by atoms with Gasteiger partial charge in [0, 0.05) is 6.61 Å². The minimum Gasteiger partial charge on any atom is -0.457 e. The Kier molecular flexibility index (Phi) is 13.5. The minimum atomic E-state index is -0.293. The van der Waals surface area contributed by atoms with E-state index in [0.717, 1.165) is 25.0 Å². The van der Waals surface area contributed by atoms with Gasteiger partial charge in [-0.05, 0) is 55.0 Å². The first-order valence-corrected chi connectivity index (χ1v) is 13.1. The zero-order valence-corrected chi connectivity index (χ0v) is 21.1. The molecule has 0 saturated carbocycles. The third-order valence-corrected chi connectivity index (χ3v) is 6.03. The van der Waals surface area contributed by atoms with Crippen LogP contribution in [0.15, 0.2) is 48.5 Å². The van der Waals surface area contributed by atoms with E-state index in [1.54, 1.807) is 0 Å². The van der Waals surface area contributed by atoms with Crippen LogP contribution in [-0.2, 0) is 15.9 Å². The quantitative estimate of drug-likeness (QED) is 0.178. The van der Waals surface area contributed by atoms with Gasteiger partial charge in [-0.25, -0.2) is 4.79 Å². The van der Waals surface area contributed by atoms with E-state index in [2.05, 4.69) is 38.1 Å². The normalized spacial score (nSPS) is 12.0. The molecule has 0 aromatic heterocycles. The highest BCUT2D eigenvalue weighted by Gasteiger charge is 2.12. The van der Waals surface area contributed by atoms with Crippen molar-refractivity contribution < 1.29 is 14.3 Å². The number of aryl methyl sites for hydroxylation is 1. The van der Waals surface area contributed by atoms with Crippen molar-refractivity contribution in [1.82, 2.24) is 0 Å². The third kappa shape index (κ3) is 11.0. The van der Waals surface area contributed by atoms with Gasteiger partial charge in [-0.3, -0.25) is 0 Å². The van der Waals surface area contributed by atoms with Gasteiger partial charge in [0.1, 0.15) is 6.10 Å². The van der Waals surface area contributed by atoms with Gasteiger partial charge in [0.2, 0.25) is 0 Å². The lowest BCUT2D eigenvalue weighted by molar-refractivity contribution is 0.00152. The number of unbranched alkanes of at least 4 members (excludes halogenated alkanes) is 8. The Morgan fingerprint density at radius 2 is 1.27 bits per heavy atom. The summed E-state index contributed by atoms with van der Waals surface area (Å²) in [5.41, 5.74) is 4.26. The summed E-state index contributed by atoms with van der Waals surface area (Å²) in [5.74, 6) is -0.293. The van der Waals surface area contributed by atoms with Crippen LogP contribution in [0, 0.1) is 0 Å². The lowest BCUT2D eigenvalue weighted by Crippen LogP contribution is -2.20. The fourth-order valence-electron chi connectivity index (χ4n) is 3.94. The Morgan fingerprint density at radius 3 is 1.88 bits per heavy atom. The number of esters is 1. The fraction of sp³-hybridized carbons (Fsp3) is 0.567. The first-order chi connectivity index (χ1) is 16.1. The monoisotopic (exact) mass is 452 g/mol. The number of rotatable bonds is 17. The summed E-state index contributed by atoms with van der Waals surface area (Å²) in [7, 11) is 0. The Hall–Kier alpha value is -2.13. The molecule has 0 spiro atoms. The molecule has 3 nitrogen and oxygen atoms in total. The van der Waals surface area contributed by atoms with Crippen LogP contribution in [0.4, 0.5) is 0 Å². The summed E-state index contributed by atoms with van der Waals surface area (Å²) >= 11 is 0. The second-order valence-corrected chi connectivity index (χ2v) is 9.14. The van der Waals surface area contributed by atoms with Crippen LogP contribution in [0.3, 0.4) is 0 Å². The zero-order chi connectivity index (χ0) is 23.7. The molecule has 0 N–H and O–H groups in total. The molecule has 0 aliphatic heterocycles. The van der Waals surface area contributed by atoms with E-state index in [1.807, 2.05) is 31.2 Å². The molecule has 33 heavy (non-hydrogen) atoms. The standard InChI is InChI=1S/C30H44O3/c1-4-6-8-10-12-14-26-15-17-27(18-16-26)28-19-21-29(22-20-28)30(31)33-25(3)24-32-23-13-11-9-7-5-2/h15-22,25H,4-14,23-24H2,1-3H3. The lowest BCUT2D eigenvalue weighted by atomic mass is 10.00. The van der Waals surface area contributed by atoms with Gasteiger partial charge in [-0.1, -0.05) is 102 Å². The Bertz CT molecular complexity index is 764. The molecule has 3 heteroatoms. The van der Waals surface area contributed by atoms with Crippen LogP contribution in [0.2, 0.25) is 0 Å². The van der Waals surface area contributed by atoms with Gasteiger partial charge in [-0.15, -0.1) is 0 Å². The summed E-state index contributed by atoms with van der Waals surface area (Å²) in [6.45, 7) is 7.53. The van der Waals surface area contributed by atoms with Crippen LogP contribution in [0.25, 0.3) is 11.1 Å². The van der Waals surface area contributed by atoms with Crippen LogP contribution in [0.5, 0.6) is 0 Å². The molecule has 0 bridgehead atoms. The number of ether oxygens (including phenoxy) is 2. The van der Waals surface area contributed by atoms with Crippen molar-refractivity contribution >= 4 is 5.97 Å². The predicted octanol–water partition coefficient (Wildman–Crippen LogP) is 8.40. The van der Waals surface area contributed by atoms with E-state index in [9.17, 15) is 4.79 Å². The molecule has 2 rings (SSSR count). The van der Waals surface area contributed by atoms with Gasteiger partial charge in [0.25, 0.3) is 0 Å². The summed E-state index contributed by atoms with van der Waals surface area (Å²) in [6.07, 6.45) is 13.5. The molecule has 1 atom stereocenters. The maximum Gasteiger partial charge on any atom is 0.338 e.